The van der Waals surface area contributed by atoms with Crippen LogP contribution in [0, 0.1) is 0 Å². The summed E-state index contributed by atoms with van der Waals surface area (Å²) in [6.07, 6.45) is -4.18. The Kier molecular flexibility index (Phi) is 4.15. The third kappa shape index (κ3) is 3.08. The Balaban J connectivity index is 2.99. The molecule has 1 heterocycles. The smallest absolute Gasteiger partial charge is 0.435 e. The topological polar surface area (TPSA) is 39.2 Å². The van der Waals surface area contributed by atoms with E-state index in [2.05, 4.69) is 9.72 Å². The highest BCUT2D eigenvalue weighted by Crippen LogP contribution is 2.36. The van der Waals surface area contributed by atoms with Crippen LogP contribution in [0.3, 0.4) is 0 Å². The van der Waals surface area contributed by atoms with Gasteiger partial charge in [-0.2, -0.15) is 13.2 Å². The average Bonchev–Trinajstić information content (AvgIpc) is 2.56. The third-order valence-electron chi connectivity index (χ3n) is 1.49. The number of carbonyl (C=O) groups excluding carboxylic acids is 1. The van der Waals surface area contributed by atoms with E-state index in [1.807, 2.05) is 0 Å². The quantitative estimate of drug-likeness (QED) is 0.793. The summed E-state index contributed by atoms with van der Waals surface area (Å²) in [7, 11) is 0. The summed E-state index contributed by atoms with van der Waals surface area (Å²) in [6.45, 7) is 1.79. The van der Waals surface area contributed by atoms with E-state index in [1.54, 1.807) is 6.92 Å². The van der Waals surface area contributed by atoms with Crippen molar-refractivity contribution >= 4 is 28.9 Å². The number of rotatable bonds is 3. The van der Waals surface area contributed by atoms with E-state index in [9.17, 15) is 18.0 Å². The van der Waals surface area contributed by atoms with Gasteiger partial charge in [-0.3, -0.25) is 0 Å². The molecule has 0 aliphatic heterocycles. The molecule has 0 spiro atoms. The molecule has 0 fully saturated rings. The van der Waals surface area contributed by atoms with Crippen molar-refractivity contribution in [3.05, 3.63) is 15.0 Å². The van der Waals surface area contributed by atoms with Gasteiger partial charge in [0, 0.05) is 0 Å². The van der Waals surface area contributed by atoms with Gasteiger partial charge in [-0.1, -0.05) is 29.9 Å². The van der Waals surface area contributed by atoms with Crippen molar-refractivity contribution < 1.29 is 22.7 Å². The molecule has 0 amide bonds. The number of ether oxygens (including phenoxy) is 1. The van der Waals surface area contributed by atoms with Crippen LogP contribution >= 0.6 is 22.9 Å². The maximum Gasteiger partial charge on any atom is 0.435 e. The van der Waals surface area contributed by atoms with Gasteiger partial charge in [0.05, 0.1) is 6.61 Å². The Hall–Kier alpha value is -0.820. The molecule has 1 rings (SSSR count). The van der Waals surface area contributed by atoms with Crippen molar-refractivity contribution in [1.82, 2.24) is 4.98 Å². The zero-order valence-electron chi connectivity index (χ0n) is 8.10. The van der Waals surface area contributed by atoms with Gasteiger partial charge in [0.2, 0.25) is 0 Å². The van der Waals surface area contributed by atoms with Crippen LogP contribution in [0.15, 0.2) is 0 Å². The molecule has 0 N–H and O–H groups in total. The molecule has 1 aromatic rings. The maximum atomic E-state index is 12.4. The second kappa shape index (κ2) is 5.01. The summed E-state index contributed by atoms with van der Waals surface area (Å²) in [5, 5.41) is 0. The van der Waals surface area contributed by atoms with Gasteiger partial charge in [0.1, 0.15) is 4.88 Å². The van der Waals surface area contributed by atoms with Crippen molar-refractivity contribution in [2.24, 2.45) is 0 Å². The largest absolute Gasteiger partial charge is 0.461 e. The number of hydrogen-bond acceptors (Lipinski definition) is 4. The molecule has 0 radical (unpaired) electrons. The van der Waals surface area contributed by atoms with Crippen LogP contribution in [0.2, 0.25) is 4.47 Å². The van der Waals surface area contributed by atoms with Crippen LogP contribution in [-0.2, 0) is 10.9 Å². The van der Waals surface area contributed by atoms with Crippen LogP contribution < -0.4 is 0 Å². The van der Waals surface area contributed by atoms with Gasteiger partial charge in [0.25, 0.3) is 0 Å². The molecule has 90 valence electrons. The average molecular weight is 274 g/mol. The van der Waals surface area contributed by atoms with Crippen molar-refractivity contribution in [3.63, 3.8) is 0 Å². The van der Waals surface area contributed by atoms with Crippen LogP contribution in [0.5, 0.6) is 0 Å². The fraction of sp³-hybridized carbons (Fsp3) is 0.500. The molecule has 0 aliphatic rings. The minimum atomic E-state index is -4.70. The first-order chi connectivity index (χ1) is 7.36. The van der Waals surface area contributed by atoms with Gasteiger partial charge in [-0.15, -0.1) is 0 Å². The van der Waals surface area contributed by atoms with Crippen molar-refractivity contribution in [2.45, 2.75) is 19.5 Å². The fourth-order valence-electron chi connectivity index (χ4n) is 0.885. The first kappa shape index (κ1) is 13.2. The van der Waals surface area contributed by atoms with Gasteiger partial charge in [-0.25, -0.2) is 9.78 Å². The first-order valence-corrected chi connectivity index (χ1v) is 5.46. The van der Waals surface area contributed by atoms with Gasteiger partial charge >= 0.3 is 12.1 Å². The van der Waals surface area contributed by atoms with E-state index in [-0.39, 0.29) is 11.1 Å². The van der Waals surface area contributed by atoms with E-state index in [0.29, 0.717) is 17.8 Å². The van der Waals surface area contributed by atoms with Crippen LogP contribution in [0.1, 0.15) is 28.7 Å². The highest BCUT2D eigenvalue weighted by Gasteiger charge is 2.40. The lowest BCUT2D eigenvalue weighted by Gasteiger charge is -2.05. The predicted molar refractivity (Wildman–Crippen MR) is 52.7 cm³/mol. The standard InChI is InChI=1S/C8H7ClF3NO2S/c1-2-3-15-6(14)4-5(8(10,11)12)13-7(9)16-4/h2-3H2,1H3. The zero-order valence-corrected chi connectivity index (χ0v) is 9.67. The zero-order chi connectivity index (χ0) is 12.3. The number of hydrogen-bond donors (Lipinski definition) is 0. The van der Waals surface area contributed by atoms with E-state index in [4.69, 9.17) is 11.6 Å². The van der Waals surface area contributed by atoms with E-state index in [0.717, 1.165) is 0 Å². The maximum absolute atomic E-state index is 12.4. The summed E-state index contributed by atoms with van der Waals surface area (Å²) in [6, 6.07) is 0. The number of nitrogens with zero attached hydrogens (tertiary/aromatic N) is 1. The minimum absolute atomic E-state index is 0.0612. The lowest BCUT2D eigenvalue weighted by molar-refractivity contribution is -0.141. The second-order valence-corrected chi connectivity index (χ2v) is 4.36. The van der Waals surface area contributed by atoms with E-state index >= 15 is 0 Å². The molecule has 8 heteroatoms. The van der Waals surface area contributed by atoms with Gasteiger partial charge in [0.15, 0.2) is 10.2 Å². The highest BCUT2D eigenvalue weighted by molar-refractivity contribution is 7.17. The Morgan fingerprint density at radius 2 is 2.19 bits per heavy atom. The summed E-state index contributed by atoms with van der Waals surface area (Å²) < 4.78 is 41.5. The fourth-order valence-corrected chi connectivity index (χ4v) is 1.91. The van der Waals surface area contributed by atoms with Crippen molar-refractivity contribution in [2.75, 3.05) is 6.61 Å². The van der Waals surface area contributed by atoms with Crippen LogP contribution in [-0.4, -0.2) is 17.6 Å². The molecular weight excluding hydrogens is 267 g/mol. The molecule has 0 bridgehead atoms. The Morgan fingerprint density at radius 1 is 1.56 bits per heavy atom. The number of halogens is 4. The number of aromatic nitrogens is 1. The lowest BCUT2D eigenvalue weighted by atomic mass is 10.3. The monoisotopic (exact) mass is 273 g/mol. The summed E-state index contributed by atoms with van der Waals surface area (Å²) in [5.41, 5.74) is -1.29. The lowest BCUT2D eigenvalue weighted by Crippen LogP contribution is -2.13. The minimum Gasteiger partial charge on any atom is -0.461 e. The summed E-state index contributed by atoms with van der Waals surface area (Å²) >= 11 is 5.81. The molecule has 16 heavy (non-hydrogen) atoms. The first-order valence-electron chi connectivity index (χ1n) is 4.27. The van der Waals surface area contributed by atoms with Crippen molar-refractivity contribution in [1.29, 1.82) is 0 Å². The molecule has 1 aromatic heterocycles. The third-order valence-corrected chi connectivity index (χ3v) is 2.63. The molecule has 0 unspecified atom stereocenters. The van der Waals surface area contributed by atoms with Gasteiger partial charge < -0.3 is 4.74 Å². The number of carbonyl (C=O) groups is 1. The summed E-state index contributed by atoms with van der Waals surface area (Å²) in [4.78, 5) is 13.7. The van der Waals surface area contributed by atoms with Crippen molar-refractivity contribution in [3.8, 4) is 0 Å². The summed E-state index contributed by atoms with van der Waals surface area (Å²) in [5.74, 6) is -1.04. The molecule has 0 saturated carbocycles. The van der Waals surface area contributed by atoms with E-state index < -0.39 is 22.7 Å². The predicted octanol–water partition coefficient (Wildman–Crippen LogP) is 3.38. The Bertz CT molecular complexity index is 391. The second-order valence-electron chi connectivity index (χ2n) is 2.78. The molecule has 0 atom stereocenters. The Morgan fingerprint density at radius 3 is 2.69 bits per heavy atom. The molecule has 0 saturated heterocycles. The number of thiazole rings is 1. The van der Waals surface area contributed by atoms with Gasteiger partial charge in [-0.05, 0) is 6.42 Å². The molecule has 0 aliphatic carbocycles. The Labute approximate surface area is 98.2 Å². The van der Waals surface area contributed by atoms with E-state index in [1.165, 1.54) is 0 Å². The number of esters is 1. The normalized spacial score (nSPS) is 11.6. The molecular formula is C8H7ClF3NO2S. The molecule has 0 aromatic carbocycles. The van der Waals surface area contributed by atoms with Crippen LogP contribution in [0.25, 0.3) is 0 Å². The highest BCUT2D eigenvalue weighted by atomic mass is 35.5. The molecule has 3 nitrogen and oxygen atoms in total. The number of alkyl halides is 3. The SMILES string of the molecule is CCCOC(=O)c1sc(Cl)nc1C(F)(F)F. The van der Waals surface area contributed by atoms with Crippen LogP contribution in [0.4, 0.5) is 13.2 Å².